The normalized spacial score (nSPS) is 30.8. The summed E-state index contributed by atoms with van der Waals surface area (Å²) in [5.74, 6) is 1.29. The SMILES string of the molecule is CC(C)n1cnc2cc(C3=CCC4(C)C(=C3)N(C3CC(N5CCCCC5)C3)C(=O)C43CCNCC3)nc(NC3CCOCC3)c21. The van der Waals surface area contributed by atoms with Crippen molar-refractivity contribution in [3.8, 4) is 0 Å². The van der Waals surface area contributed by atoms with E-state index < -0.39 is 0 Å². The van der Waals surface area contributed by atoms with Gasteiger partial charge in [0.25, 0.3) is 0 Å². The summed E-state index contributed by atoms with van der Waals surface area (Å²) >= 11 is 0. The molecule has 1 unspecified atom stereocenters. The molecule has 2 aliphatic carbocycles. The van der Waals surface area contributed by atoms with Gasteiger partial charge in [0.15, 0.2) is 5.82 Å². The van der Waals surface area contributed by atoms with Gasteiger partial charge in [-0.25, -0.2) is 9.97 Å². The average molecular weight is 614 g/mol. The number of nitrogens with one attached hydrogen (secondary N) is 2. The number of anilines is 1. The van der Waals surface area contributed by atoms with Gasteiger partial charge >= 0.3 is 0 Å². The van der Waals surface area contributed by atoms with Crippen molar-refractivity contribution in [1.29, 1.82) is 0 Å². The molecule has 4 saturated heterocycles. The number of likely N-dealkylation sites (tertiary alicyclic amines) is 2. The molecule has 0 aromatic carbocycles. The molecule has 4 aliphatic heterocycles. The number of hydrogen-bond acceptors (Lipinski definition) is 7. The van der Waals surface area contributed by atoms with Gasteiger partial charge in [-0.1, -0.05) is 19.4 Å². The molecule has 2 aromatic heterocycles. The van der Waals surface area contributed by atoms with E-state index in [9.17, 15) is 4.79 Å². The van der Waals surface area contributed by atoms with Crippen LogP contribution >= 0.6 is 0 Å². The van der Waals surface area contributed by atoms with E-state index >= 15 is 0 Å². The fourth-order valence-electron chi connectivity index (χ4n) is 9.38. The lowest BCUT2D eigenvalue weighted by molar-refractivity contribution is -0.143. The first-order valence-corrected chi connectivity index (χ1v) is 17.8. The number of imidazole rings is 1. The third kappa shape index (κ3) is 4.78. The number of piperidine rings is 2. The number of ether oxygens (including phenoxy) is 1. The van der Waals surface area contributed by atoms with Gasteiger partial charge in [-0.2, -0.15) is 0 Å². The third-order valence-corrected chi connectivity index (χ3v) is 12.3. The second-order valence-electron chi connectivity index (χ2n) is 15.1. The lowest BCUT2D eigenvalue weighted by Crippen LogP contribution is -2.56. The van der Waals surface area contributed by atoms with Gasteiger partial charge in [-0.3, -0.25) is 4.79 Å². The standard InChI is InChI=1S/C36H51N7O2/c1-24(2)42-23-38-30-22-29(40-33(32(30)42)39-26-8-17-45-18-9-26)25-7-10-35(3)31(19-25)43(34(44)36(35)11-13-37-14-12-36)28-20-27(21-28)41-15-5-4-6-16-41/h7,19,22-24,26-28,37H,4-6,8-18,20-21H2,1-3H3,(H,39,40). The van der Waals surface area contributed by atoms with E-state index in [1.54, 1.807) is 0 Å². The molecule has 9 heteroatoms. The number of carbonyl (C=O) groups excluding carboxylic acids is 1. The van der Waals surface area contributed by atoms with Crippen LogP contribution in [-0.2, 0) is 9.53 Å². The van der Waals surface area contributed by atoms with Crippen molar-refractivity contribution in [2.24, 2.45) is 10.8 Å². The molecule has 1 amide bonds. The minimum Gasteiger partial charge on any atom is -0.381 e. The van der Waals surface area contributed by atoms with Gasteiger partial charge in [0.2, 0.25) is 5.91 Å². The van der Waals surface area contributed by atoms with Crippen molar-refractivity contribution in [3.63, 3.8) is 0 Å². The van der Waals surface area contributed by atoms with Crippen LogP contribution in [0.3, 0.4) is 0 Å². The number of fused-ring (bicyclic) bond motifs is 3. The lowest BCUT2D eigenvalue weighted by atomic mass is 9.58. The summed E-state index contributed by atoms with van der Waals surface area (Å²) in [6.07, 6.45) is 17.5. The molecule has 1 saturated carbocycles. The molecule has 242 valence electrons. The molecule has 45 heavy (non-hydrogen) atoms. The molecule has 9 nitrogen and oxygen atoms in total. The Morgan fingerprint density at radius 3 is 2.56 bits per heavy atom. The summed E-state index contributed by atoms with van der Waals surface area (Å²) in [5, 5.41) is 7.34. The van der Waals surface area contributed by atoms with Crippen LogP contribution in [0.2, 0.25) is 0 Å². The van der Waals surface area contributed by atoms with Crippen molar-refractivity contribution in [3.05, 3.63) is 35.9 Å². The molecule has 2 aromatic rings. The maximum Gasteiger partial charge on any atom is 0.234 e. The highest BCUT2D eigenvalue weighted by molar-refractivity contribution is 5.94. The predicted octanol–water partition coefficient (Wildman–Crippen LogP) is 5.51. The summed E-state index contributed by atoms with van der Waals surface area (Å²) in [5.41, 5.74) is 4.81. The zero-order valence-corrected chi connectivity index (χ0v) is 27.5. The monoisotopic (exact) mass is 613 g/mol. The minimum atomic E-state index is -0.328. The number of amides is 1. The Kier molecular flexibility index (Phi) is 7.57. The largest absolute Gasteiger partial charge is 0.381 e. The lowest BCUT2D eigenvalue weighted by Gasteiger charge is -2.48. The van der Waals surface area contributed by atoms with Crippen LogP contribution in [0.15, 0.2) is 30.2 Å². The maximum atomic E-state index is 14.7. The molecule has 5 fully saturated rings. The van der Waals surface area contributed by atoms with Gasteiger partial charge in [-0.05, 0) is 116 Å². The topological polar surface area (TPSA) is 87.6 Å². The third-order valence-electron chi connectivity index (χ3n) is 12.3. The van der Waals surface area contributed by atoms with Gasteiger partial charge in [-0.15, -0.1) is 0 Å². The van der Waals surface area contributed by atoms with E-state index in [2.05, 4.69) is 64.0 Å². The van der Waals surface area contributed by atoms with Crippen LogP contribution in [0.1, 0.15) is 96.7 Å². The van der Waals surface area contributed by atoms with E-state index in [0.29, 0.717) is 24.0 Å². The number of aromatic nitrogens is 3. The highest BCUT2D eigenvalue weighted by Gasteiger charge is 2.65. The second-order valence-corrected chi connectivity index (χ2v) is 15.1. The fourth-order valence-corrected chi connectivity index (χ4v) is 9.38. The Morgan fingerprint density at radius 1 is 1.07 bits per heavy atom. The number of nitrogens with zero attached hydrogens (tertiary/aromatic N) is 5. The van der Waals surface area contributed by atoms with Crippen LogP contribution < -0.4 is 10.6 Å². The van der Waals surface area contributed by atoms with Crippen molar-refractivity contribution >= 4 is 28.3 Å². The molecular weight excluding hydrogens is 562 g/mol. The molecular formula is C36H51N7O2. The number of pyridine rings is 1. The molecule has 2 N–H and O–H groups in total. The smallest absolute Gasteiger partial charge is 0.234 e. The van der Waals surface area contributed by atoms with Crippen molar-refractivity contribution in [2.75, 3.05) is 44.7 Å². The zero-order valence-electron chi connectivity index (χ0n) is 27.5. The highest BCUT2D eigenvalue weighted by atomic mass is 16.5. The Morgan fingerprint density at radius 2 is 1.82 bits per heavy atom. The van der Waals surface area contributed by atoms with Crippen LogP contribution in [0.25, 0.3) is 16.6 Å². The Balaban J connectivity index is 1.16. The van der Waals surface area contributed by atoms with Crippen LogP contribution in [0.4, 0.5) is 5.82 Å². The van der Waals surface area contributed by atoms with Crippen molar-refractivity contribution in [2.45, 2.75) is 109 Å². The average Bonchev–Trinajstić information content (AvgIpc) is 3.55. The molecule has 6 aliphatic rings. The van der Waals surface area contributed by atoms with Crippen LogP contribution in [0.5, 0.6) is 0 Å². The van der Waals surface area contributed by atoms with Crippen molar-refractivity contribution in [1.82, 2.24) is 29.7 Å². The quantitative estimate of drug-likeness (QED) is 0.444. The first-order chi connectivity index (χ1) is 21.9. The summed E-state index contributed by atoms with van der Waals surface area (Å²) in [6.45, 7) is 12.6. The Bertz CT molecular complexity index is 1500. The van der Waals surface area contributed by atoms with Crippen molar-refractivity contribution < 1.29 is 9.53 Å². The van der Waals surface area contributed by atoms with Gasteiger partial charge in [0.1, 0.15) is 5.52 Å². The van der Waals surface area contributed by atoms with E-state index in [1.165, 1.54) is 38.0 Å². The molecule has 1 atom stereocenters. The molecule has 6 heterocycles. The van der Waals surface area contributed by atoms with E-state index in [4.69, 9.17) is 14.7 Å². The summed E-state index contributed by atoms with van der Waals surface area (Å²) in [4.78, 5) is 29.9. The first-order valence-electron chi connectivity index (χ1n) is 17.8. The second kappa shape index (κ2) is 11.5. The number of hydrogen-bond donors (Lipinski definition) is 2. The van der Waals surface area contributed by atoms with Gasteiger partial charge in [0, 0.05) is 48.5 Å². The van der Waals surface area contributed by atoms with Gasteiger partial charge < -0.3 is 29.7 Å². The number of carbonyl (C=O) groups is 1. The summed E-state index contributed by atoms with van der Waals surface area (Å²) < 4.78 is 7.88. The zero-order chi connectivity index (χ0) is 30.8. The maximum absolute atomic E-state index is 14.7. The molecule has 0 radical (unpaired) electrons. The van der Waals surface area contributed by atoms with E-state index in [0.717, 1.165) is 99.4 Å². The van der Waals surface area contributed by atoms with Crippen LogP contribution in [-0.4, -0.2) is 87.8 Å². The molecule has 1 spiro atoms. The molecule has 8 rings (SSSR count). The molecule has 0 bridgehead atoms. The predicted molar refractivity (Wildman–Crippen MR) is 178 cm³/mol. The number of allylic oxidation sites excluding steroid dienone is 4. The fraction of sp³-hybridized carbons (Fsp3) is 0.694. The Hall–Kier alpha value is -2.75. The van der Waals surface area contributed by atoms with E-state index in [-0.39, 0.29) is 16.9 Å². The first kappa shape index (κ1) is 29.6. The van der Waals surface area contributed by atoms with Crippen LogP contribution in [0, 0.1) is 10.8 Å². The van der Waals surface area contributed by atoms with Gasteiger partial charge in [0.05, 0.1) is 23.0 Å². The van der Waals surface area contributed by atoms with E-state index in [1.807, 2.05) is 6.33 Å². The summed E-state index contributed by atoms with van der Waals surface area (Å²) in [6, 6.07) is 3.69. The summed E-state index contributed by atoms with van der Waals surface area (Å²) in [7, 11) is 0. The minimum absolute atomic E-state index is 0.196. The Labute approximate surface area is 267 Å². The number of rotatable bonds is 6. The highest BCUT2D eigenvalue weighted by Crippen LogP contribution is 2.63.